The van der Waals surface area contributed by atoms with Crippen molar-refractivity contribution in [1.82, 2.24) is 0 Å². The van der Waals surface area contributed by atoms with E-state index < -0.39 is 99.9 Å². The van der Waals surface area contributed by atoms with Gasteiger partial charge in [-0.2, -0.15) is 0 Å². The lowest BCUT2D eigenvalue weighted by molar-refractivity contribution is -0.210. The molecule has 2 aliphatic heterocycles. The summed E-state index contributed by atoms with van der Waals surface area (Å²) in [5, 5.41) is 65.9. The van der Waals surface area contributed by atoms with Gasteiger partial charge in [0.1, 0.15) is 17.3 Å². The van der Waals surface area contributed by atoms with Gasteiger partial charge in [-0.3, -0.25) is 14.4 Å². The summed E-state index contributed by atoms with van der Waals surface area (Å²) in [6, 6.07) is 0. The van der Waals surface area contributed by atoms with Crippen LogP contribution < -0.4 is 0 Å². The summed E-state index contributed by atoms with van der Waals surface area (Å²) in [5.74, 6) is -4.50. The third-order valence-corrected chi connectivity index (χ3v) is 13.3. The number of rotatable bonds is 5. The molecule has 0 aromatic carbocycles. The summed E-state index contributed by atoms with van der Waals surface area (Å²) >= 11 is 0. The van der Waals surface area contributed by atoms with Crippen LogP contribution in [0.4, 0.5) is 0 Å². The summed E-state index contributed by atoms with van der Waals surface area (Å²) in [7, 11) is 0. The largest absolute Gasteiger partial charge is 0.459 e. The Balaban J connectivity index is 0.000000214. The van der Waals surface area contributed by atoms with Crippen molar-refractivity contribution in [3.63, 3.8) is 0 Å². The number of aliphatic hydroxyl groups is 6. The molecule has 6 aliphatic rings. The zero-order chi connectivity index (χ0) is 41.6. The molecule has 0 aromatic heterocycles. The summed E-state index contributed by atoms with van der Waals surface area (Å²) < 4.78 is 27.6. The van der Waals surface area contributed by atoms with E-state index >= 15 is 0 Å². The van der Waals surface area contributed by atoms with Gasteiger partial charge in [0.05, 0.1) is 12.2 Å². The fourth-order valence-electron chi connectivity index (χ4n) is 9.97. The molecule has 4 fully saturated rings. The van der Waals surface area contributed by atoms with Gasteiger partial charge >= 0.3 is 29.8 Å². The Morgan fingerprint density at radius 1 is 0.745 bits per heavy atom. The van der Waals surface area contributed by atoms with E-state index in [0.717, 1.165) is 19.4 Å². The van der Waals surface area contributed by atoms with Crippen molar-refractivity contribution in [3.8, 4) is 0 Å². The maximum absolute atomic E-state index is 12.5. The molecule has 0 aromatic rings. The first-order valence-corrected chi connectivity index (χ1v) is 18.8. The lowest BCUT2D eigenvalue weighted by Crippen LogP contribution is -2.64. The molecule has 308 valence electrons. The van der Waals surface area contributed by atoms with Crippen LogP contribution in [-0.2, 0) is 47.7 Å². The highest BCUT2D eigenvalue weighted by Crippen LogP contribution is 2.58. The van der Waals surface area contributed by atoms with Gasteiger partial charge in [0.25, 0.3) is 0 Å². The van der Waals surface area contributed by atoms with Gasteiger partial charge in [0, 0.05) is 44.9 Å². The summed E-state index contributed by atoms with van der Waals surface area (Å²) in [5.41, 5.74) is -9.13. The SMILES string of the molecule is CC(=O)O[C@@]1(C)C[C@H](O)[C@@]2(O)[C@@H](OC(=O)[C@@]2(C)O)C2=C(C)[C@H](C)C[C@@H]21.CCCC(=O)O[C@H]1C[C@](C)(OC(C)=O)[C@H]2C[C@@H](O)C(C)=C2[C@@H]2OC(=O)[C@@](C)(O)[C@@]12O. The number of esters is 5. The maximum Gasteiger partial charge on any atom is 0.341 e. The highest BCUT2D eigenvalue weighted by Gasteiger charge is 2.75. The van der Waals surface area contributed by atoms with Crippen LogP contribution in [0.2, 0.25) is 0 Å². The molecule has 6 N–H and O–H groups in total. The molecular formula is C39H56O16. The highest BCUT2D eigenvalue weighted by atomic mass is 16.6. The van der Waals surface area contributed by atoms with Gasteiger partial charge in [-0.15, -0.1) is 0 Å². The molecule has 14 atom stereocenters. The number of fused-ring (bicyclic) bond motifs is 6. The molecule has 0 radical (unpaired) electrons. The van der Waals surface area contributed by atoms with Crippen LogP contribution in [-0.4, -0.2) is 125 Å². The van der Waals surface area contributed by atoms with Crippen LogP contribution in [0.1, 0.15) is 108 Å². The molecule has 0 bridgehead atoms. The normalized spacial score (nSPS) is 45.8. The molecule has 2 saturated carbocycles. The average Bonchev–Trinajstić information content (AvgIpc) is 3.62. The Bertz CT molecular complexity index is 1710. The molecule has 0 amide bonds. The maximum atomic E-state index is 12.5. The number of carbonyl (C=O) groups is 5. The summed E-state index contributed by atoms with van der Waals surface area (Å²) in [6.45, 7) is 15.5. The minimum absolute atomic E-state index is 0.0718. The molecule has 16 heteroatoms. The number of hydrogen-bond acceptors (Lipinski definition) is 16. The monoisotopic (exact) mass is 780 g/mol. The predicted octanol–water partition coefficient (Wildman–Crippen LogP) is 0.981. The van der Waals surface area contributed by atoms with Crippen molar-refractivity contribution < 1.29 is 78.3 Å². The van der Waals surface area contributed by atoms with E-state index in [1.165, 1.54) is 13.8 Å². The standard InChI is InChI=1S/C21H30O9.C18H26O7/c1-6-7-15(24)28-14-9-19(4,30-11(3)22)12-8-13(23)10(2)16(12)17-21(14,27)20(5,26)18(25)29-17;1-8-6-11-13(9(8)2)14-18(23,17(5,22)15(21)24-14)12(20)7-16(11,4)25-10(3)19/h12-14,17,23,26-27H,6-9H2,1-5H3;8,11-12,14,20,22-23H,6-7H2,1-5H3/t12-,13+,14-,17-,19-,20+,21+;8-,11+,12+,14+,16+,17-,18-/m01/s1. The first-order valence-electron chi connectivity index (χ1n) is 18.8. The Morgan fingerprint density at radius 3 is 1.71 bits per heavy atom. The third kappa shape index (κ3) is 6.31. The molecular weight excluding hydrogens is 724 g/mol. The van der Waals surface area contributed by atoms with Crippen LogP contribution in [0, 0.1) is 17.8 Å². The van der Waals surface area contributed by atoms with E-state index in [1.54, 1.807) is 27.7 Å². The van der Waals surface area contributed by atoms with Crippen LogP contribution in [0.25, 0.3) is 0 Å². The Labute approximate surface area is 319 Å². The number of allylic oxidation sites excluding steroid dienone is 1. The smallest absolute Gasteiger partial charge is 0.341 e. The minimum atomic E-state index is -2.39. The highest BCUT2D eigenvalue weighted by molar-refractivity contribution is 5.86. The first-order chi connectivity index (χ1) is 25.1. The van der Waals surface area contributed by atoms with E-state index in [2.05, 4.69) is 0 Å². The second-order valence-electron chi connectivity index (χ2n) is 17.1. The Hall–Kier alpha value is -3.41. The van der Waals surface area contributed by atoms with Crippen molar-refractivity contribution in [2.75, 3.05) is 0 Å². The molecule has 4 aliphatic carbocycles. The Morgan fingerprint density at radius 2 is 1.20 bits per heavy atom. The quantitative estimate of drug-likeness (QED) is 0.129. The van der Waals surface area contributed by atoms with Crippen LogP contribution in [0.15, 0.2) is 22.3 Å². The van der Waals surface area contributed by atoms with Crippen molar-refractivity contribution in [2.45, 2.75) is 172 Å². The molecule has 0 spiro atoms. The number of carbonyl (C=O) groups excluding carboxylic acids is 5. The summed E-state index contributed by atoms with van der Waals surface area (Å²) in [4.78, 5) is 60.6. The molecule has 2 heterocycles. The van der Waals surface area contributed by atoms with Gasteiger partial charge in [0.15, 0.2) is 34.6 Å². The van der Waals surface area contributed by atoms with E-state index in [1.807, 2.05) is 13.8 Å². The van der Waals surface area contributed by atoms with Crippen LogP contribution >= 0.6 is 0 Å². The van der Waals surface area contributed by atoms with E-state index in [4.69, 9.17) is 23.7 Å². The van der Waals surface area contributed by atoms with Crippen molar-refractivity contribution in [3.05, 3.63) is 22.3 Å². The predicted molar refractivity (Wildman–Crippen MR) is 188 cm³/mol. The third-order valence-electron chi connectivity index (χ3n) is 13.3. The van der Waals surface area contributed by atoms with Gasteiger partial charge in [0.2, 0.25) is 0 Å². The van der Waals surface area contributed by atoms with Crippen LogP contribution in [0.3, 0.4) is 0 Å². The van der Waals surface area contributed by atoms with Gasteiger partial charge in [-0.05, 0) is 83.4 Å². The lowest BCUT2D eigenvalue weighted by Gasteiger charge is -2.41. The second kappa shape index (κ2) is 13.9. The van der Waals surface area contributed by atoms with Crippen LogP contribution in [0.5, 0.6) is 0 Å². The number of aliphatic hydroxyl groups excluding tert-OH is 2. The van der Waals surface area contributed by atoms with Crippen molar-refractivity contribution >= 4 is 29.8 Å². The molecule has 55 heavy (non-hydrogen) atoms. The minimum Gasteiger partial charge on any atom is -0.459 e. The van der Waals surface area contributed by atoms with E-state index in [9.17, 15) is 54.6 Å². The zero-order valence-corrected chi connectivity index (χ0v) is 33.1. The van der Waals surface area contributed by atoms with Gasteiger partial charge in [-0.25, -0.2) is 9.59 Å². The topological polar surface area (TPSA) is 253 Å². The molecule has 0 unspecified atom stereocenters. The molecule has 6 rings (SSSR count). The number of hydrogen-bond donors (Lipinski definition) is 6. The zero-order valence-electron chi connectivity index (χ0n) is 33.1. The fourth-order valence-corrected chi connectivity index (χ4v) is 9.97. The lowest BCUT2D eigenvalue weighted by atomic mass is 9.75. The van der Waals surface area contributed by atoms with E-state index in [0.29, 0.717) is 29.6 Å². The number of ether oxygens (including phenoxy) is 5. The fraction of sp³-hybridized carbons (Fsp3) is 0.769. The Kier molecular flexibility index (Phi) is 10.8. The second-order valence-corrected chi connectivity index (χ2v) is 17.1. The first kappa shape index (κ1) is 42.7. The molecule has 16 nitrogen and oxygen atoms in total. The van der Waals surface area contributed by atoms with Crippen molar-refractivity contribution in [1.29, 1.82) is 0 Å². The van der Waals surface area contributed by atoms with Gasteiger partial charge < -0.3 is 54.3 Å². The molecule has 2 saturated heterocycles. The summed E-state index contributed by atoms with van der Waals surface area (Å²) in [6.07, 6.45) is -5.24. The van der Waals surface area contributed by atoms with Gasteiger partial charge in [-0.1, -0.05) is 19.4 Å². The van der Waals surface area contributed by atoms with E-state index in [-0.39, 0.29) is 37.5 Å². The van der Waals surface area contributed by atoms with Crippen molar-refractivity contribution in [2.24, 2.45) is 17.8 Å². The average molecular weight is 781 g/mol.